The van der Waals surface area contributed by atoms with E-state index in [1.54, 1.807) is 11.3 Å². The van der Waals surface area contributed by atoms with E-state index in [2.05, 4.69) is 16.8 Å². The first-order valence-electron chi connectivity index (χ1n) is 4.15. The predicted octanol–water partition coefficient (Wildman–Crippen LogP) is 2.97. The second-order valence-corrected chi connectivity index (χ2v) is 4.05. The summed E-state index contributed by atoms with van der Waals surface area (Å²) in [5.41, 5.74) is 7.38. The molecular weight excluding hydrogens is 190 g/mol. The molecule has 0 aliphatic heterocycles. The first kappa shape index (κ1) is 10.0. The lowest BCUT2D eigenvalue weighted by Gasteiger charge is -2.30. The van der Waals surface area contributed by atoms with Crippen LogP contribution in [0.1, 0.15) is 30.9 Å². The van der Waals surface area contributed by atoms with Gasteiger partial charge in [0.05, 0.1) is 0 Å². The number of hydrogen-bond acceptors (Lipinski definition) is 2. The van der Waals surface area contributed by atoms with Gasteiger partial charge < -0.3 is 5.73 Å². The molecule has 1 heterocycles. The summed E-state index contributed by atoms with van der Waals surface area (Å²) in [4.78, 5) is 0. The first-order chi connectivity index (χ1) is 5.38. The van der Waals surface area contributed by atoms with Crippen LogP contribution in [0.5, 0.6) is 0 Å². The first-order valence-corrected chi connectivity index (χ1v) is 5.10. The summed E-state index contributed by atoms with van der Waals surface area (Å²) >= 11 is 1.74. The average Bonchev–Trinajstić information content (AvgIpc) is 2.32. The van der Waals surface area contributed by atoms with E-state index in [9.17, 15) is 0 Å². The molecule has 0 bridgehead atoms. The second kappa shape index (κ2) is 4.26. The molecule has 68 valence electrons. The van der Waals surface area contributed by atoms with Crippen LogP contribution in [0.2, 0.25) is 0 Å². The predicted molar refractivity (Wildman–Crippen MR) is 55.8 cm³/mol. The van der Waals surface area contributed by atoms with E-state index in [0.717, 1.165) is 5.92 Å². The number of nitrogens with two attached hydrogens (primary N) is 1. The van der Waals surface area contributed by atoms with Crippen molar-refractivity contribution in [3.63, 3.8) is 0 Å². The fraction of sp³-hybridized carbons (Fsp3) is 0.556. The van der Waals surface area contributed by atoms with Crippen molar-refractivity contribution in [3.8, 4) is 0 Å². The molecule has 12 heavy (non-hydrogen) atoms. The van der Waals surface area contributed by atoms with Crippen molar-refractivity contribution in [1.29, 1.82) is 0 Å². The lowest BCUT2D eigenvalue weighted by molar-refractivity contribution is 0.265. The molecule has 1 atom stereocenters. The van der Waals surface area contributed by atoms with Crippen LogP contribution < -0.4 is 5.73 Å². The monoisotopic (exact) mass is 203 g/mol. The molecule has 3 heteroatoms. The van der Waals surface area contributed by atoms with Gasteiger partial charge in [0.1, 0.15) is 0 Å². The Hall–Kier alpha value is -0.0500. The van der Waals surface area contributed by atoms with Crippen molar-refractivity contribution in [2.45, 2.75) is 25.3 Å². The molecule has 1 saturated carbocycles. The third kappa shape index (κ3) is 1.82. The van der Waals surface area contributed by atoms with E-state index in [0.29, 0.717) is 6.04 Å². The lowest BCUT2D eigenvalue weighted by Crippen LogP contribution is -2.26. The summed E-state index contributed by atoms with van der Waals surface area (Å²) in [7, 11) is 0. The summed E-state index contributed by atoms with van der Waals surface area (Å²) in [6.45, 7) is 0. The van der Waals surface area contributed by atoms with Gasteiger partial charge in [0.25, 0.3) is 0 Å². The topological polar surface area (TPSA) is 26.0 Å². The standard InChI is InChI=1S/C9H13NS.ClH/c10-9(7-2-1-3-7)8-4-5-11-6-8;/h4-7,9H,1-3,10H2;1H/t9-;/m0./s1. The minimum Gasteiger partial charge on any atom is -0.324 e. The highest BCUT2D eigenvalue weighted by Crippen LogP contribution is 2.36. The zero-order valence-electron chi connectivity index (χ0n) is 6.90. The molecule has 1 aliphatic rings. The van der Waals surface area contributed by atoms with E-state index >= 15 is 0 Å². The highest BCUT2D eigenvalue weighted by molar-refractivity contribution is 7.07. The molecule has 0 spiro atoms. The van der Waals surface area contributed by atoms with Crippen molar-refractivity contribution >= 4 is 23.7 Å². The van der Waals surface area contributed by atoms with Crippen LogP contribution in [0, 0.1) is 5.92 Å². The second-order valence-electron chi connectivity index (χ2n) is 3.27. The Morgan fingerprint density at radius 1 is 1.50 bits per heavy atom. The van der Waals surface area contributed by atoms with Gasteiger partial charge in [0.15, 0.2) is 0 Å². The van der Waals surface area contributed by atoms with E-state index in [1.807, 2.05) is 0 Å². The molecule has 2 rings (SSSR count). The van der Waals surface area contributed by atoms with Crippen molar-refractivity contribution in [2.75, 3.05) is 0 Å². The maximum absolute atomic E-state index is 6.05. The molecule has 0 amide bonds. The molecule has 0 radical (unpaired) electrons. The Kier molecular flexibility index (Phi) is 3.56. The smallest absolute Gasteiger partial charge is 0.0331 e. The summed E-state index contributed by atoms with van der Waals surface area (Å²) in [5, 5.41) is 4.27. The van der Waals surface area contributed by atoms with E-state index in [-0.39, 0.29) is 12.4 Å². The highest BCUT2D eigenvalue weighted by Gasteiger charge is 2.25. The third-order valence-corrected chi connectivity index (χ3v) is 3.29. The molecule has 1 aliphatic carbocycles. The summed E-state index contributed by atoms with van der Waals surface area (Å²) in [6, 6.07) is 2.46. The number of thiophene rings is 1. The molecule has 2 N–H and O–H groups in total. The van der Waals surface area contributed by atoms with Gasteiger partial charge in [-0.3, -0.25) is 0 Å². The zero-order valence-corrected chi connectivity index (χ0v) is 8.53. The van der Waals surface area contributed by atoms with Crippen LogP contribution in [0.25, 0.3) is 0 Å². The Bertz CT molecular complexity index is 218. The highest BCUT2D eigenvalue weighted by atomic mass is 35.5. The van der Waals surface area contributed by atoms with E-state index < -0.39 is 0 Å². The molecule has 1 nitrogen and oxygen atoms in total. The van der Waals surface area contributed by atoms with Crippen molar-refractivity contribution in [2.24, 2.45) is 11.7 Å². The Labute approximate surface area is 83.4 Å². The Morgan fingerprint density at radius 2 is 2.25 bits per heavy atom. The van der Waals surface area contributed by atoms with Gasteiger partial charge in [-0.1, -0.05) is 6.42 Å². The van der Waals surface area contributed by atoms with Crippen LogP contribution in [0.15, 0.2) is 16.8 Å². The van der Waals surface area contributed by atoms with Gasteiger partial charge in [-0.15, -0.1) is 12.4 Å². The SMILES string of the molecule is Cl.N[C@H](c1ccsc1)C1CCC1. The molecular formula is C9H14ClNS. The number of rotatable bonds is 2. The molecule has 1 aromatic rings. The molecule has 0 saturated heterocycles. The molecule has 1 fully saturated rings. The lowest BCUT2D eigenvalue weighted by atomic mass is 9.78. The fourth-order valence-electron chi connectivity index (χ4n) is 1.54. The van der Waals surface area contributed by atoms with Gasteiger partial charge in [0.2, 0.25) is 0 Å². The molecule has 0 aromatic carbocycles. The van der Waals surface area contributed by atoms with Gasteiger partial charge >= 0.3 is 0 Å². The summed E-state index contributed by atoms with van der Waals surface area (Å²) < 4.78 is 0. The fourth-order valence-corrected chi connectivity index (χ4v) is 2.24. The van der Waals surface area contributed by atoms with Crippen molar-refractivity contribution in [3.05, 3.63) is 22.4 Å². The van der Waals surface area contributed by atoms with Crippen LogP contribution >= 0.6 is 23.7 Å². The van der Waals surface area contributed by atoms with Gasteiger partial charge in [-0.2, -0.15) is 11.3 Å². The van der Waals surface area contributed by atoms with Crippen molar-refractivity contribution in [1.82, 2.24) is 0 Å². The van der Waals surface area contributed by atoms with E-state index in [4.69, 9.17) is 5.73 Å². The Balaban J connectivity index is 0.000000720. The van der Waals surface area contributed by atoms with Crippen LogP contribution in [0.3, 0.4) is 0 Å². The maximum atomic E-state index is 6.05. The van der Waals surface area contributed by atoms with Gasteiger partial charge in [-0.05, 0) is 41.1 Å². The number of hydrogen-bond donors (Lipinski definition) is 1. The summed E-state index contributed by atoms with van der Waals surface area (Å²) in [5.74, 6) is 0.768. The quantitative estimate of drug-likeness (QED) is 0.786. The van der Waals surface area contributed by atoms with Gasteiger partial charge in [0, 0.05) is 6.04 Å². The normalized spacial score (nSPS) is 19.4. The molecule has 0 unspecified atom stereocenters. The van der Waals surface area contributed by atoms with Crippen LogP contribution in [-0.2, 0) is 0 Å². The maximum Gasteiger partial charge on any atom is 0.0331 e. The third-order valence-electron chi connectivity index (χ3n) is 2.59. The van der Waals surface area contributed by atoms with E-state index in [1.165, 1.54) is 24.8 Å². The average molecular weight is 204 g/mol. The van der Waals surface area contributed by atoms with Gasteiger partial charge in [-0.25, -0.2) is 0 Å². The number of halogens is 1. The largest absolute Gasteiger partial charge is 0.324 e. The minimum atomic E-state index is 0. The van der Waals surface area contributed by atoms with Crippen molar-refractivity contribution < 1.29 is 0 Å². The minimum absolute atomic E-state index is 0. The van der Waals surface area contributed by atoms with Crippen LogP contribution in [-0.4, -0.2) is 0 Å². The molecule has 1 aromatic heterocycles. The summed E-state index contributed by atoms with van der Waals surface area (Å²) in [6.07, 6.45) is 4.04. The zero-order chi connectivity index (χ0) is 7.68. The Morgan fingerprint density at radius 3 is 2.67 bits per heavy atom. The van der Waals surface area contributed by atoms with Crippen LogP contribution in [0.4, 0.5) is 0 Å².